The topological polar surface area (TPSA) is 0 Å². The van der Waals surface area contributed by atoms with E-state index in [-0.39, 0.29) is 0 Å². The van der Waals surface area contributed by atoms with Gasteiger partial charge in [0.2, 0.25) is 0 Å². The van der Waals surface area contributed by atoms with Gasteiger partial charge in [-0.1, -0.05) is 47.4 Å². The molecule has 0 aromatic heterocycles. The molecule has 1 atom stereocenters. The van der Waals surface area contributed by atoms with E-state index in [1.54, 1.807) is 11.1 Å². The minimum absolute atomic E-state index is 0.795. The molecule has 0 spiro atoms. The third-order valence-corrected chi connectivity index (χ3v) is 4.36. The number of hydrogen-bond acceptors (Lipinski definition) is 0. The van der Waals surface area contributed by atoms with Crippen LogP contribution in [-0.4, -0.2) is 0 Å². The van der Waals surface area contributed by atoms with Crippen molar-refractivity contribution in [2.45, 2.75) is 73.6 Å². The number of hydrogen-bond donors (Lipinski definition) is 0. The van der Waals surface area contributed by atoms with Crippen LogP contribution < -0.4 is 0 Å². The van der Waals surface area contributed by atoms with Crippen LogP contribution in [0, 0.1) is 5.92 Å². The van der Waals surface area contributed by atoms with Crippen LogP contribution in [0.3, 0.4) is 0 Å². The highest BCUT2D eigenvalue weighted by Crippen LogP contribution is 2.24. The van der Waals surface area contributed by atoms with Gasteiger partial charge in [0.15, 0.2) is 0 Å². The first kappa shape index (κ1) is 17.0. The average Bonchev–Trinajstić information content (AvgIpc) is 2.40. The first-order valence-corrected chi connectivity index (χ1v) is 8.05. The molecule has 0 saturated heterocycles. The minimum Gasteiger partial charge on any atom is -0.0815 e. The standard InChI is InChI=1S/2C10H16/c2*1-8(2)10-6-4-9(3)5-7-10/h4H,5-7H2,1-3H3;4,6,9H,5,7H2,1-3H3. The van der Waals surface area contributed by atoms with Gasteiger partial charge in [0.05, 0.1) is 0 Å². The van der Waals surface area contributed by atoms with Crippen LogP contribution in [0.5, 0.6) is 0 Å². The molecule has 1 unspecified atom stereocenters. The summed E-state index contributed by atoms with van der Waals surface area (Å²) < 4.78 is 0. The molecular formula is C20H32. The Balaban J connectivity index is 0.000000200. The highest BCUT2D eigenvalue weighted by molar-refractivity contribution is 5.26. The smallest absolute Gasteiger partial charge is 0.0134 e. The monoisotopic (exact) mass is 272 g/mol. The van der Waals surface area contributed by atoms with Crippen molar-refractivity contribution in [1.82, 2.24) is 0 Å². The largest absolute Gasteiger partial charge is 0.0815 e. The predicted molar refractivity (Wildman–Crippen MR) is 91.9 cm³/mol. The third-order valence-electron chi connectivity index (χ3n) is 4.36. The molecule has 0 heterocycles. The maximum atomic E-state index is 2.35. The lowest BCUT2D eigenvalue weighted by atomic mass is 9.92. The maximum absolute atomic E-state index is 2.35. The summed E-state index contributed by atoms with van der Waals surface area (Å²) >= 11 is 0. The maximum Gasteiger partial charge on any atom is -0.0134 e. The Morgan fingerprint density at radius 2 is 1.70 bits per heavy atom. The van der Waals surface area contributed by atoms with Gasteiger partial charge in [0, 0.05) is 0 Å². The van der Waals surface area contributed by atoms with Crippen LogP contribution in [0.1, 0.15) is 73.6 Å². The van der Waals surface area contributed by atoms with Gasteiger partial charge in [-0.3, -0.25) is 0 Å². The van der Waals surface area contributed by atoms with E-state index in [9.17, 15) is 0 Å². The van der Waals surface area contributed by atoms with Gasteiger partial charge in [-0.05, 0) is 78.2 Å². The van der Waals surface area contributed by atoms with Gasteiger partial charge in [0.25, 0.3) is 0 Å². The summed E-state index contributed by atoms with van der Waals surface area (Å²) in [6, 6.07) is 0. The van der Waals surface area contributed by atoms with Crippen LogP contribution >= 0.6 is 0 Å². The molecule has 0 aliphatic heterocycles. The molecule has 0 radical (unpaired) electrons. The fraction of sp³-hybridized carbons (Fsp3) is 0.600. The van der Waals surface area contributed by atoms with E-state index in [4.69, 9.17) is 0 Å². The van der Waals surface area contributed by atoms with Gasteiger partial charge >= 0.3 is 0 Å². The lowest BCUT2D eigenvalue weighted by Gasteiger charge is -2.14. The third kappa shape index (κ3) is 5.94. The number of rotatable bonds is 0. The Morgan fingerprint density at radius 1 is 1.00 bits per heavy atom. The Kier molecular flexibility index (Phi) is 7.05. The summed E-state index contributed by atoms with van der Waals surface area (Å²) in [6.07, 6.45) is 13.3. The molecule has 112 valence electrons. The number of allylic oxidation sites excluding steroid dienone is 8. The zero-order chi connectivity index (χ0) is 15.1. The second kappa shape index (κ2) is 8.29. The molecule has 0 amide bonds. The van der Waals surface area contributed by atoms with Gasteiger partial charge in [-0.15, -0.1) is 0 Å². The van der Waals surface area contributed by atoms with Gasteiger partial charge < -0.3 is 0 Å². The Hall–Kier alpha value is -1.04. The first-order valence-electron chi connectivity index (χ1n) is 8.05. The highest BCUT2D eigenvalue weighted by atomic mass is 14.1. The Labute approximate surface area is 126 Å². The molecule has 0 heteroatoms. The van der Waals surface area contributed by atoms with E-state index < -0.39 is 0 Å². The van der Waals surface area contributed by atoms with Crippen LogP contribution in [0.25, 0.3) is 0 Å². The second-order valence-corrected chi connectivity index (χ2v) is 6.76. The molecule has 0 bridgehead atoms. The highest BCUT2D eigenvalue weighted by Gasteiger charge is 2.06. The Morgan fingerprint density at radius 3 is 2.10 bits per heavy atom. The minimum atomic E-state index is 0.795. The van der Waals surface area contributed by atoms with E-state index in [0.29, 0.717) is 0 Å². The molecule has 0 saturated carbocycles. The zero-order valence-electron chi connectivity index (χ0n) is 14.3. The fourth-order valence-corrected chi connectivity index (χ4v) is 2.56. The summed E-state index contributed by atoms with van der Waals surface area (Å²) in [4.78, 5) is 0. The normalized spacial score (nSPS) is 21.9. The van der Waals surface area contributed by atoms with Crippen LogP contribution in [0.15, 0.2) is 46.1 Å². The SMILES string of the molecule is CC(C)=C1C=CC(C)CC1.CC1=CCC(=C(C)C)CC1. The van der Waals surface area contributed by atoms with Crippen LogP contribution in [0.2, 0.25) is 0 Å². The molecule has 0 aromatic carbocycles. The Bertz CT molecular complexity index is 433. The lowest BCUT2D eigenvalue weighted by molar-refractivity contribution is 0.628. The van der Waals surface area contributed by atoms with E-state index in [0.717, 1.165) is 5.92 Å². The van der Waals surface area contributed by atoms with Gasteiger partial charge in [0.1, 0.15) is 0 Å². The molecule has 0 N–H and O–H groups in total. The quantitative estimate of drug-likeness (QED) is 0.427. The van der Waals surface area contributed by atoms with E-state index in [1.165, 1.54) is 48.8 Å². The van der Waals surface area contributed by atoms with Crippen molar-refractivity contribution >= 4 is 0 Å². The molecule has 20 heavy (non-hydrogen) atoms. The van der Waals surface area contributed by atoms with Crippen molar-refractivity contribution in [3.63, 3.8) is 0 Å². The van der Waals surface area contributed by atoms with Crippen LogP contribution in [-0.2, 0) is 0 Å². The molecule has 2 aliphatic carbocycles. The predicted octanol–water partition coefficient (Wildman–Crippen LogP) is 6.76. The fourth-order valence-electron chi connectivity index (χ4n) is 2.56. The molecule has 2 rings (SSSR count). The average molecular weight is 272 g/mol. The van der Waals surface area contributed by atoms with E-state index in [1.807, 2.05) is 0 Å². The van der Waals surface area contributed by atoms with Crippen molar-refractivity contribution in [3.05, 3.63) is 46.1 Å². The van der Waals surface area contributed by atoms with E-state index in [2.05, 4.69) is 59.8 Å². The molecule has 2 aliphatic rings. The second-order valence-electron chi connectivity index (χ2n) is 6.76. The van der Waals surface area contributed by atoms with Crippen molar-refractivity contribution in [3.8, 4) is 0 Å². The first-order chi connectivity index (χ1) is 9.40. The van der Waals surface area contributed by atoms with Crippen molar-refractivity contribution < 1.29 is 0 Å². The van der Waals surface area contributed by atoms with Crippen molar-refractivity contribution in [1.29, 1.82) is 0 Å². The molecule has 0 aromatic rings. The van der Waals surface area contributed by atoms with Gasteiger partial charge in [-0.25, -0.2) is 0 Å². The van der Waals surface area contributed by atoms with Crippen LogP contribution in [0.4, 0.5) is 0 Å². The van der Waals surface area contributed by atoms with Gasteiger partial charge in [-0.2, -0.15) is 0 Å². The van der Waals surface area contributed by atoms with Crippen molar-refractivity contribution in [2.24, 2.45) is 5.92 Å². The van der Waals surface area contributed by atoms with Crippen molar-refractivity contribution in [2.75, 3.05) is 0 Å². The molecule has 0 fully saturated rings. The summed E-state index contributed by atoms with van der Waals surface area (Å²) in [7, 11) is 0. The van der Waals surface area contributed by atoms with E-state index >= 15 is 0 Å². The zero-order valence-corrected chi connectivity index (χ0v) is 14.3. The summed E-state index contributed by atoms with van der Waals surface area (Å²) in [5, 5.41) is 0. The molecular weight excluding hydrogens is 240 g/mol. The summed E-state index contributed by atoms with van der Waals surface area (Å²) in [6.45, 7) is 13.3. The summed E-state index contributed by atoms with van der Waals surface area (Å²) in [5.41, 5.74) is 7.74. The summed E-state index contributed by atoms with van der Waals surface area (Å²) in [5.74, 6) is 0.795. The lowest BCUT2D eigenvalue weighted by Crippen LogP contribution is -1.97. The molecule has 0 nitrogen and oxygen atoms in total.